The SMILES string of the molecule is CCOC(=O)c1cc(OC[C@H](C)[NH3+])c(C)c2c1CCC2.[Cl-]. The molecule has 0 aliphatic heterocycles. The third-order valence-corrected chi connectivity index (χ3v) is 3.66. The predicted molar refractivity (Wildman–Crippen MR) is 77.0 cm³/mol. The minimum Gasteiger partial charge on any atom is -1.00 e. The van der Waals surface area contributed by atoms with Gasteiger partial charge in [0.1, 0.15) is 18.4 Å². The molecular weight excluding hydrogens is 290 g/mol. The number of quaternary nitrogens is 1. The number of esters is 1. The van der Waals surface area contributed by atoms with E-state index in [-0.39, 0.29) is 24.4 Å². The van der Waals surface area contributed by atoms with Crippen molar-refractivity contribution in [2.75, 3.05) is 13.2 Å². The van der Waals surface area contributed by atoms with Gasteiger partial charge >= 0.3 is 5.97 Å². The van der Waals surface area contributed by atoms with Gasteiger partial charge in [-0.3, -0.25) is 0 Å². The van der Waals surface area contributed by atoms with Gasteiger partial charge in [-0.15, -0.1) is 0 Å². The molecule has 0 heterocycles. The first-order valence-electron chi connectivity index (χ1n) is 7.33. The summed E-state index contributed by atoms with van der Waals surface area (Å²) >= 11 is 0. The van der Waals surface area contributed by atoms with Gasteiger partial charge in [-0.25, -0.2) is 4.79 Å². The molecule has 0 fully saturated rings. The van der Waals surface area contributed by atoms with Gasteiger partial charge in [0.05, 0.1) is 12.2 Å². The molecular formula is C16H24ClNO3. The first-order valence-corrected chi connectivity index (χ1v) is 7.33. The van der Waals surface area contributed by atoms with Gasteiger partial charge in [0.2, 0.25) is 0 Å². The first-order chi connectivity index (χ1) is 9.54. The van der Waals surface area contributed by atoms with Crippen molar-refractivity contribution in [2.24, 2.45) is 0 Å². The van der Waals surface area contributed by atoms with Crippen molar-refractivity contribution in [2.45, 2.75) is 46.1 Å². The Balaban J connectivity index is 0.00000220. The van der Waals surface area contributed by atoms with E-state index in [9.17, 15) is 4.79 Å². The third kappa shape index (κ3) is 3.89. The Morgan fingerprint density at radius 3 is 2.67 bits per heavy atom. The quantitative estimate of drug-likeness (QED) is 0.686. The monoisotopic (exact) mass is 313 g/mol. The van der Waals surface area contributed by atoms with Gasteiger partial charge in [-0.1, -0.05) is 0 Å². The van der Waals surface area contributed by atoms with Crippen molar-refractivity contribution in [1.82, 2.24) is 0 Å². The second-order valence-corrected chi connectivity index (χ2v) is 5.49. The predicted octanol–water partition coefficient (Wildman–Crippen LogP) is -1.33. The number of hydrogen-bond acceptors (Lipinski definition) is 3. The lowest BCUT2D eigenvalue weighted by Gasteiger charge is -2.16. The fourth-order valence-electron chi connectivity index (χ4n) is 2.70. The van der Waals surface area contributed by atoms with Crippen molar-refractivity contribution in [3.8, 4) is 5.75 Å². The van der Waals surface area contributed by atoms with E-state index in [1.165, 1.54) is 5.56 Å². The van der Waals surface area contributed by atoms with Crippen LogP contribution in [-0.2, 0) is 17.6 Å². The van der Waals surface area contributed by atoms with E-state index in [0.717, 1.165) is 36.1 Å². The van der Waals surface area contributed by atoms with E-state index in [1.807, 2.05) is 19.9 Å². The zero-order valence-corrected chi connectivity index (χ0v) is 13.8. The summed E-state index contributed by atoms with van der Waals surface area (Å²) in [6.45, 7) is 6.86. The minimum atomic E-state index is -0.238. The molecule has 0 spiro atoms. The standard InChI is InChI=1S/C16H23NO3.ClH/c1-4-19-16(18)14-8-15(20-9-10(2)17)11(3)12-6-5-7-13(12)14;/h8,10H,4-7,9,17H2,1-3H3;1H/t10-;/m0./s1. The highest BCUT2D eigenvalue weighted by atomic mass is 35.5. The Morgan fingerprint density at radius 2 is 2.05 bits per heavy atom. The van der Waals surface area contributed by atoms with Gasteiger partial charge in [0, 0.05) is 0 Å². The molecule has 1 atom stereocenters. The van der Waals surface area contributed by atoms with E-state index in [0.29, 0.717) is 18.8 Å². The molecule has 5 heteroatoms. The number of ether oxygens (including phenoxy) is 2. The number of fused-ring (bicyclic) bond motifs is 1. The van der Waals surface area contributed by atoms with Crippen LogP contribution in [0.5, 0.6) is 5.75 Å². The maximum atomic E-state index is 12.1. The molecule has 2 rings (SSSR count). The molecule has 0 aromatic heterocycles. The van der Waals surface area contributed by atoms with Crippen LogP contribution in [0.25, 0.3) is 0 Å². The fourth-order valence-corrected chi connectivity index (χ4v) is 2.70. The molecule has 21 heavy (non-hydrogen) atoms. The normalized spacial score (nSPS) is 14.1. The second kappa shape index (κ2) is 7.66. The molecule has 1 aromatic rings. The Bertz CT molecular complexity index is 515. The lowest BCUT2D eigenvalue weighted by molar-refractivity contribution is -0.417. The summed E-state index contributed by atoms with van der Waals surface area (Å²) < 4.78 is 11.0. The number of rotatable bonds is 5. The smallest absolute Gasteiger partial charge is 0.338 e. The second-order valence-electron chi connectivity index (χ2n) is 5.49. The maximum absolute atomic E-state index is 12.1. The molecule has 0 radical (unpaired) electrons. The molecule has 0 amide bonds. The summed E-state index contributed by atoms with van der Waals surface area (Å²) in [5.41, 5.74) is 8.18. The molecule has 118 valence electrons. The molecule has 1 aliphatic rings. The third-order valence-electron chi connectivity index (χ3n) is 3.66. The number of halogens is 1. The van der Waals surface area contributed by atoms with Crippen LogP contribution in [0.1, 0.15) is 47.3 Å². The van der Waals surface area contributed by atoms with Crippen molar-refractivity contribution in [3.05, 3.63) is 28.3 Å². The fraction of sp³-hybridized carbons (Fsp3) is 0.562. The van der Waals surface area contributed by atoms with E-state index in [2.05, 4.69) is 12.7 Å². The average molecular weight is 314 g/mol. The molecule has 0 saturated heterocycles. The Kier molecular flexibility index (Phi) is 6.49. The number of benzene rings is 1. The first kappa shape index (κ1) is 17.8. The Labute approximate surface area is 132 Å². The average Bonchev–Trinajstić information content (AvgIpc) is 2.87. The zero-order chi connectivity index (χ0) is 14.7. The lowest BCUT2D eigenvalue weighted by Crippen LogP contribution is -3.00. The van der Waals surface area contributed by atoms with Gasteiger partial charge < -0.3 is 27.6 Å². The van der Waals surface area contributed by atoms with Gasteiger partial charge in [-0.05, 0) is 62.8 Å². The summed E-state index contributed by atoms with van der Waals surface area (Å²) in [6.07, 6.45) is 3.07. The highest BCUT2D eigenvalue weighted by Crippen LogP contribution is 2.35. The van der Waals surface area contributed by atoms with Crippen molar-refractivity contribution >= 4 is 5.97 Å². The van der Waals surface area contributed by atoms with E-state index in [4.69, 9.17) is 9.47 Å². The van der Waals surface area contributed by atoms with Crippen molar-refractivity contribution in [3.63, 3.8) is 0 Å². The summed E-state index contributed by atoms with van der Waals surface area (Å²) in [5.74, 6) is 0.558. The van der Waals surface area contributed by atoms with Crippen LogP contribution < -0.4 is 22.9 Å². The topological polar surface area (TPSA) is 63.2 Å². The summed E-state index contributed by atoms with van der Waals surface area (Å²) in [5, 5.41) is 0. The van der Waals surface area contributed by atoms with Gasteiger partial charge in [-0.2, -0.15) is 0 Å². The van der Waals surface area contributed by atoms with Crippen LogP contribution in [0.2, 0.25) is 0 Å². The summed E-state index contributed by atoms with van der Waals surface area (Å²) in [4.78, 5) is 12.1. The summed E-state index contributed by atoms with van der Waals surface area (Å²) in [7, 11) is 0. The molecule has 0 bridgehead atoms. The molecule has 4 nitrogen and oxygen atoms in total. The maximum Gasteiger partial charge on any atom is 0.338 e. The van der Waals surface area contributed by atoms with Gasteiger partial charge in [0.15, 0.2) is 0 Å². The molecule has 0 unspecified atom stereocenters. The molecule has 1 aliphatic carbocycles. The van der Waals surface area contributed by atoms with Crippen LogP contribution in [0.15, 0.2) is 6.07 Å². The lowest BCUT2D eigenvalue weighted by atomic mass is 9.98. The minimum absolute atomic E-state index is 0. The van der Waals surface area contributed by atoms with Crippen molar-refractivity contribution in [1.29, 1.82) is 0 Å². The summed E-state index contributed by atoms with van der Waals surface area (Å²) in [6, 6.07) is 2.06. The van der Waals surface area contributed by atoms with Crippen LogP contribution in [0.4, 0.5) is 0 Å². The van der Waals surface area contributed by atoms with E-state index in [1.54, 1.807) is 0 Å². The Morgan fingerprint density at radius 1 is 1.38 bits per heavy atom. The van der Waals surface area contributed by atoms with Crippen LogP contribution >= 0.6 is 0 Å². The highest BCUT2D eigenvalue weighted by Gasteiger charge is 2.24. The molecule has 3 N–H and O–H groups in total. The van der Waals surface area contributed by atoms with Crippen LogP contribution in [0.3, 0.4) is 0 Å². The highest BCUT2D eigenvalue weighted by molar-refractivity contribution is 5.92. The number of carbonyl (C=O) groups is 1. The van der Waals surface area contributed by atoms with E-state index >= 15 is 0 Å². The van der Waals surface area contributed by atoms with Crippen LogP contribution in [0, 0.1) is 6.92 Å². The van der Waals surface area contributed by atoms with Crippen LogP contribution in [-0.4, -0.2) is 25.2 Å². The largest absolute Gasteiger partial charge is 1.00 e. The molecule has 0 saturated carbocycles. The number of carbonyl (C=O) groups excluding carboxylic acids is 1. The van der Waals surface area contributed by atoms with E-state index < -0.39 is 0 Å². The van der Waals surface area contributed by atoms with Gasteiger partial charge in [0.25, 0.3) is 0 Å². The Hall–Kier alpha value is -1.26. The number of hydrogen-bond donors (Lipinski definition) is 1. The van der Waals surface area contributed by atoms with Crippen molar-refractivity contribution < 1.29 is 32.4 Å². The molecule has 1 aromatic carbocycles. The zero-order valence-electron chi connectivity index (χ0n) is 13.0.